The van der Waals surface area contributed by atoms with Crippen molar-refractivity contribution in [2.24, 2.45) is 5.73 Å². The zero-order chi connectivity index (χ0) is 18.7. The van der Waals surface area contributed by atoms with Crippen LogP contribution in [0.3, 0.4) is 0 Å². The maximum atomic E-state index is 12.4. The molecular weight excluding hydrogens is 358 g/mol. The normalized spacial score (nSPS) is 12.8. The number of rotatable bonds is 5. The van der Waals surface area contributed by atoms with Crippen LogP contribution in [-0.4, -0.2) is 32.8 Å². The van der Waals surface area contributed by atoms with E-state index < -0.39 is 11.9 Å². The highest BCUT2D eigenvalue weighted by atomic mass is 32.1. The molecular formula is C17H19N3O5S. The van der Waals surface area contributed by atoms with Gasteiger partial charge in [0.2, 0.25) is 0 Å². The Morgan fingerprint density at radius 1 is 1.23 bits per heavy atom. The van der Waals surface area contributed by atoms with E-state index >= 15 is 0 Å². The summed E-state index contributed by atoms with van der Waals surface area (Å²) in [6.45, 7) is 0.939. The van der Waals surface area contributed by atoms with Crippen molar-refractivity contribution >= 4 is 34.0 Å². The lowest BCUT2D eigenvalue weighted by Crippen LogP contribution is -2.22. The standard InChI is InChI=1S/C17H19N3O5S/c1-23-9-3-4-11(12(7-9)24-2)19-17(22)20-16-14(15(18)21)10-5-6-25-8-13(10)26-16/h3-4,7H,5-6,8H2,1-2H3,(H2,18,21)(H2,19,20,22). The van der Waals surface area contributed by atoms with Crippen LogP contribution in [0.1, 0.15) is 20.8 Å². The van der Waals surface area contributed by atoms with Crippen LogP contribution in [-0.2, 0) is 17.8 Å². The molecule has 2 aromatic rings. The van der Waals surface area contributed by atoms with Gasteiger partial charge in [-0.1, -0.05) is 0 Å². The summed E-state index contributed by atoms with van der Waals surface area (Å²) in [5.41, 5.74) is 7.18. The minimum Gasteiger partial charge on any atom is -0.497 e. The number of amides is 3. The predicted octanol–water partition coefficient (Wildman–Crippen LogP) is 2.58. The molecule has 1 aromatic carbocycles. The van der Waals surface area contributed by atoms with Crippen LogP contribution in [0.5, 0.6) is 11.5 Å². The van der Waals surface area contributed by atoms with Crippen molar-refractivity contribution in [1.29, 1.82) is 0 Å². The smallest absolute Gasteiger partial charge is 0.324 e. The zero-order valence-electron chi connectivity index (χ0n) is 14.4. The van der Waals surface area contributed by atoms with Gasteiger partial charge in [-0.3, -0.25) is 10.1 Å². The predicted molar refractivity (Wildman–Crippen MR) is 98.4 cm³/mol. The number of hydrogen-bond acceptors (Lipinski definition) is 6. The molecule has 1 aliphatic heterocycles. The van der Waals surface area contributed by atoms with Gasteiger partial charge in [-0.25, -0.2) is 4.79 Å². The third-order valence-electron chi connectivity index (χ3n) is 3.95. The van der Waals surface area contributed by atoms with Crippen molar-refractivity contribution in [3.8, 4) is 11.5 Å². The summed E-state index contributed by atoms with van der Waals surface area (Å²) in [4.78, 5) is 25.2. The Morgan fingerprint density at radius 2 is 2.04 bits per heavy atom. The molecule has 0 radical (unpaired) electrons. The fourth-order valence-electron chi connectivity index (χ4n) is 2.74. The number of fused-ring (bicyclic) bond motifs is 1. The highest BCUT2D eigenvalue weighted by Crippen LogP contribution is 2.36. The van der Waals surface area contributed by atoms with Gasteiger partial charge in [0, 0.05) is 10.9 Å². The van der Waals surface area contributed by atoms with Gasteiger partial charge in [0.1, 0.15) is 16.5 Å². The summed E-state index contributed by atoms with van der Waals surface area (Å²) in [5, 5.41) is 5.82. The summed E-state index contributed by atoms with van der Waals surface area (Å²) < 4.78 is 15.8. The van der Waals surface area contributed by atoms with Gasteiger partial charge in [0.25, 0.3) is 5.91 Å². The number of hydrogen-bond donors (Lipinski definition) is 3. The molecule has 8 nitrogen and oxygen atoms in total. The molecule has 9 heteroatoms. The molecule has 0 fully saturated rings. The maximum Gasteiger partial charge on any atom is 0.324 e. The molecule has 1 aromatic heterocycles. The molecule has 138 valence electrons. The first-order chi connectivity index (χ1) is 12.5. The van der Waals surface area contributed by atoms with E-state index in [0.29, 0.717) is 47.4 Å². The Labute approximate surface area is 154 Å². The van der Waals surface area contributed by atoms with Crippen LogP contribution in [0.15, 0.2) is 18.2 Å². The van der Waals surface area contributed by atoms with E-state index in [2.05, 4.69) is 10.6 Å². The molecule has 0 aliphatic carbocycles. The minimum absolute atomic E-state index is 0.352. The van der Waals surface area contributed by atoms with E-state index in [1.54, 1.807) is 25.3 Å². The van der Waals surface area contributed by atoms with E-state index in [1.807, 2.05) is 0 Å². The molecule has 4 N–H and O–H groups in total. The Hall–Kier alpha value is -2.78. The summed E-state index contributed by atoms with van der Waals surface area (Å²) >= 11 is 1.30. The maximum absolute atomic E-state index is 12.4. The second kappa shape index (κ2) is 7.63. The lowest BCUT2D eigenvalue weighted by atomic mass is 10.1. The summed E-state index contributed by atoms with van der Waals surface area (Å²) in [5.74, 6) is 0.491. The average Bonchev–Trinajstić information content (AvgIpc) is 2.99. The summed E-state index contributed by atoms with van der Waals surface area (Å²) in [6, 6.07) is 4.52. The Morgan fingerprint density at radius 3 is 2.73 bits per heavy atom. The van der Waals surface area contributed by atoms with Gasteiger partial charge in [0.15, 0.2) is 0 Å². The van der Waals surface area contributed by atoms with Gasteiger partial charge in [-0.15, -0.1) is 11.3 Å². The second-order valence-electron chi connectivity index (χ2n) is 5.52. The van der Waals surface area contributed by atoms with Crippen molar-refractivity contribution in [3.05, 3.63) is 34.2 Å². The third-order valence-corrected chi connectivity index (χ3v) is 5.07. The Bertz CT molecular complexity index is 849. The molecule has 0 atom stereocenters. The summed E-state index contributed by atoms with van der Waals surface area (Å²) in [7, 11) is 3.04. The number of nitrogens with one attached hydrogen (secondary N) is 2. The van der Waals surface area contributed by atoms with Crippen molar-refractivity contribution in [3.63, 3.8) is 0 Å². The van der Waals surface area contributed by atoms with Gasteiger partial charge in [0.05, 0.1) is 38.7 Å². The molecule has 0 saturated heterocycles. The van der Waals surface area contributed by atoms with Crippen LogP contribution in [0.2, 0.25) is 0 Å². The zero-order valence-corrected chi connectivity index (χ0v) is 15.2. The van der Waals surface area contributed by atoms with Crippen LogP contribution >= 0.6 is 11.3 Å². The van der Waals surface area contributed by atoms with E-state index in [0.717, 1.165) is 10.4 Å². The number of ether oxygens (including phenoxy) is 3. The number of nitrogens with two attached hydrogens (primary N) is 1. The minimum atomic E-state index is -0.568. The number of methoxy groups -OCH3 is 2. The molecule has 3 rings (SSSR count). The van der Waals surface area contributed by atoms with E-state index in [1.165, 1.54) is 18.4 Å². The van der Waals surface area contributed by atoms with E-state index in [4.69, 9.17) is 19.9 Å². The van der Waals surface area contributed by atoms with Crippen LogP contribution in [0.25, 0.3) is 0 Å². The Kier molecular flexibility index (Phi) is 5.29. The monoisotopic (exact) mass is 377 g/mol. The van der Waals surface area contributed by atoms with Crippen molar-refractivity contribution < 1.29 is 23.8 Å². The lowest BCUT2D eigenvalue weighted by Gasteiger charge is -2.13. The first-order valence-corrected chi connectivity index (χ1v) is 8.67. The molecule has 0 bridgehead atoms. The molecule has 2 heterocycles. The van der Waals surface area contributed by atoms with Gasteiger partial charge in [-0.2, -0.15) is 0 Å². The summed E-state index contributed by atoms with van der Waals surface area (Å²) in [6.07, 6.45) is 0.597. The van der Waals surface area contributed by atoms with Gasteiger partial charge < -0.3 is 25.3 Å². The van der Waals surface area contributed by atoms with Crippen molar-refractivity contribution in [2.75, 3.05) is 31.5 Å². The van der Waals surface area contributed by atoms with E-state index in [9.17, 15) is 9.59 Å². The quantitative estimate of drug-likeness (QED) is 0.741. The highest BCUT2D eigenvalue weighted by Gasteiger charge is 2.25. The van der Waals surface area contributed by atoms with Gasteiger partial charge in [-0.05, 0) is 24.1 Å². The number of thiophene rings is 1. The molecule has 26 heavy (non-hydrogen) atoms. The highest BCUT2D eigenvalue weighted by molar-refractivity contribution is 7.17. The molecule has 0 saturated carbocycles. The molecule has 0 spiro atoms. The molecule has 3 amide bonds. The first-order valence-electron chi connectivity index (χ1n) is 7.85. The first kappa shape index (κ1) is 18.0. The SMILES string of the molecule is COc1ccc(NC(=O)Nc2sc3c(c2C(N)=O)CCOC3)c(OC)c1. The fourth-order valence-corrected chi connectivity index (χ4v) is 3.93. The molecule has 1 aliphatic rings. The third kappa shape index (κ3) is 3.58. The number of primary amides is 1. The lowest BCUT2D eigenvalue weighted by molar-refractivity contribution is 0.0991. The van der Waals surface area contributed by atoms with E-state index in [-0.39, 0.29) is 0 Å². The van der Waals surface area contributed by atoms with Crippen LogP contribution < -0.4 is 25.8 Å². The number of carbonyl (C=O) groups is 2. The number of benzene rings is 1. The van der Waals surface area contributed by atoms with Crippen molar-refractivity contribution in [1.82, 2.24) is 0 Å². The number of carbonyl (C=O) groups excluding carboxylic acids is 2. The van der Waals surface area contributed by atoms with Crippen LogP contribution in [0.4, 0.5) is 15.5 Å². The average molecular weight is 377 g/mol. The number of anilines is 2. The number of urea groups is 1. The largest absolute Gasteiger partial charge is 0.497 e. The van der Waals surface area contributed by atoms with Crippen LogP contribution in [0, 0.1) is 0 Å². The van der Waals surface area contributed by atoms with Crippen molar-refractivity contribution in [2.45, 2.75) is 13.0 Å². The van der Waals surface area contributed by atoms with Gasteiger partial charge >= 0.3 is 6.03 Å². The molecule has 0 unspecified atom stereocenters. The fraction of sp³-hybridized carbons (Fsp3) is 0.294. The topological polar surface area (TPSA) is 112 Å². The Balaban J connectivity index is 1.81. The second-order valence-corrected chi connectivity index (χ2v) is 6.63.